The molecule has 0 bridgehead atoms. The fraction of sp³-hybridized carbons (Fsp3) is 0.323. The van der Waals surface area contributed by atoms with Gasteiger partial charge in [0.05, 0.1) is 59.5 Å². The lowest BCUT2D eigenvalue weighted by molar-refractivity contribution is -0.376. The van der Waals surface area contributed by atoms with E-state index in [4.69, 9.17) is 52.1 Å². The minimum absolute atomic E-state index is 0.124. The van der Waals surface area contributed by atoms with Crippen LogP contribution in [0.2, 0.25) is 0 Å². The van der Waals surface area contributed by atoms with Gasteiger partial charge in [-0.05, 0) is 38.9 Å². The summed E-state index contributed by atoms with van der Waals surface area (Å²) in [6.45, 7) is 2.27. The molecule has 73 heavy (non-hydrogen) atoms. The summed E-state index contributed by atoms with van der Waals surface area (Å²) in [6.07, 6.45) is -8.10. The van der Waals surface area contributed by atoms with Crippen molar-refractivity contribution < 1.29 is 52.1 Å². The molecule has 0 aliphatic carbocycles. The molecular weight excluding hydrogens is 921 g/mol. The van der Waals surface area contributed by atoms with Crippen molar-refractivity contribution in [1.82, 2.24) is 0 Å². The third-order valence-corrected chi connectivity index (χ3v) is 12.9. The van der Waals surface area contributed by atoms with Crippen LogP contribution in [-0.4, -0.2) is 81.7 Å². The molecule has 7 aromatic rings. The molecule has 0 unspecified atom stereocenters. The monoisotopic (exact) mass is 986 g/mol. The van der Waals surface area contributed by atoms with Crippen LogP contribution in [0, 0.1) is 0 Å². The molecule has 0 spiro atoms. The highest BCUT2D eigenvalue weighted by atomic mass is 16.8. The number of rotatable bonds is 26. The molecule has 11 nitrogen and oxygen atoms in total. The van der Waals surface area contributed by atoms with Crippen molar-refractivity contribution in [3.63, 3.8) is 0 Å². The van der Waals surface area contributed by atoms with Crippen molar-refractivity contribution in [2.24, 2.45) is 0 Å². The zero-order chi connectivity index (χ0) is 49.7. The topological polar surface area (TPSA) is 102 Å². The van der Waals surface area contributed by atoms with Gasteiger partial charge in [-0.2, -0.15) is 0 Å². The molecule has 10 atom stereocenters. The average molecular weight is 987 g/mol. The van der Waals surface area contributed by atoms with Crippen molar-refractivity contribution in [1.29, 1.82) is 0 Å². The second-order valence-electron chi connectivity index (χ2n) is 18.2. The molecule has 0 radical (unpaired) electrons. The van der Waals surface area contributed by atoms with E-state index >= 15 is 0 Å². The Morgan fingerprint density at radius 2 is 0.548 bits per heavy atom. The fourth-order valence-electron chi connectivity index (χ4n) is 9.14. The Labute approximate surface area is 429 Å². The highest BCUT2D eigenvalue weighted by Crippen LogP contribution is 2.37. The number of benzene rings is 7. The predicted octanol–water partition coefficient (Wildman–Crippen LogP) is 10.8. The van der Waals surface area contributed by atoms with E-state index < -0.39 is 61.4 Å². The highest BCUT2D eigenvalue weighted by Gasteiger charge is 2.54. The maximum absolute atomic E-state index is 7.51. The first-order chi connectivity index (χ1) is 36.2. The smallest absolute Gasteiger partial charge is 0.187 e. The quantitative estimate of drug-likeness (QED) is 0.0518. The standard InChI is InChI=1S/C62H66O11/c1-63-61-59(69-42-51-33-19-7-20-34-51)58(68-41-50-31-17-6-18-32-50)56(54(71-61)45-65-38-47-25-11-3-12-26-47)73-62-60(70-43-52-35-21-8-22-36-52)57(67-40-49-29-15-5-16-30-49)55(66-39-48-27-13-4-14-28-48)53(72-62)44-64-37-46-23-9-2-10-24-46/h2-36,53-62H,37-45H2,1H3/t53-,54-,55-,56-,57+,58+,59-,60-,61+,62-/m1/s1. The summed E-state index contributed by atoms with van der Waals surface area (Å²) in [6, 6.07) is 70.4. The van der Waals surface area contributed by atoms with Crippen molar-refractivity contribution in [3.8, 4) is 0 Å². The Kier molecular flexibility index (Phi) is 19.9. The van der Waals surface area contributed by atoms with Crippen LogP contribution in [-0.2, 0) is 98.4 Å². The van der Waals surface area contributed by atoms with Gasteiger partial charge in [-0.15, -0.1) is 0 Å². The number of hydrogen-bond donors (Lipinski definition) is 0. The fourth-order valence-corrected chi connectivity index (χ4v) is 9.14. The minimum atomic E-state index is -1.09. The third-order valence-electron chi connectivity index (χ3n) is 12.9. The van der Waals surface area contributed by atoms with Gasteiger partial charge in [0.25, 0.3) is 0 Å². The summed E-state index contributed by atoms with van der Waals surface area (Å²) < 4.78 is 75.9. The van der Waals surface area contributed by atoms with Crippen molar-refractivity contribution >= 4 is 0 Å². The summed E-state index contributed by atoms with van der Waals surface area (Å²) in [5, 5.41) is 0. The van der Waals surface area contributed by atoms with Crippen molar-refractivity contribution in [3.05, 3.63) is 251 Å². The van der Waals surface area contributed by atoms with E-state index in [1.54, 1.807) is 7.11 Å². The summed E-state index contributed by atoms with van der Waals surface area (Å²) in [4.78, 5) is 0. The average Bonchev–Trinajstić information content (AvgIpc) is 3.45. The first-order valence-electron chi connectivity index (χ1n) is 25.2. The molecule has 9 rings (SSSR count). The van der Waals surface area contributed by atoms with Gasteiger partial charge < -0.3 is 52.1 Å². The first kappa shape index (κ1) is 52.0. The second-order valence-corrected chi connectivity index (χ2v) is 18.2. The van der Waals surface area contributed by atoms with Gasteiger partial charge >= 0.3 is 0 Å². The lowest BCUT2D eigenvalue weighted by Crippen LogP contribution is -2.66. The molecule has 2 fully saturated rings. The van der Waals surface area contributed by atoms with Gasteiger partial charge in [-0.3, -0.25) is 0 Å². The predicted molar refractivity (Wildman–Crippen MR) is 276 cm³/mol. The van der Waals surface area contributed by atoms with Crippen LogP contribution in [0.15, 0.2) is 212 Å². The molecule has 2 heterocycles. The van der Waals surface area contributed by atoms with Gasteiger partial charge in [0.1, 0.15) is 48.8 Å². The highest BCUT2D eigenvalue weighted by molar-refractivity contribution is 5.19. The van der Waals surface area contributed by atoms with E-state index in [0.29, 0.717) is 13.2 Å². The molecule has 380 valence electrons. The first-order valence-corrected chi connectivity index (χ1v) is 25.2. The van der Waals surface area contributed by atoms with E-state index in [1.807, 2.05) is 212 Å². The molecule has 2 aliphatic heterocycles. The van der Waals surface area contributed by atoms with Gasteiger partial charge in [0.15, 0.2) is 12.6 Å². The van der Waals surface area contributed by atoms with E-state index in [2.05, 4.69) is 0 Å². The summed E-state index contributed by atoms with van der Waals surface area (Å²) in [7, 11) is 1.61. The number of methoxy groups -OCH3 is 1. The van der Waals surface area contributed by atoms with Crippen LogP contribution in [0.4, 0.5) is 0 Å². The Hall–Kier alpha value is -5.90. The van der Waals surface area contributed by atoms with E-state index in [1.165, 1.54) is 0 Å². The maximum atomic E-state index is 7.51. The molecule has 0 amide bonds. The Morgan fingerprint density at radius 1 is 0.288 bits per heavy atom. The summed E-state index contributed by atoms with van der Waals surface area (Å²) in [5.74, 6) is 0. The second kappa shape index (κ2) is 28.0. The molecule has 2 saturated heterocycles. The normalized spacial score (nSPS) is 24.0. The Balaban J connectivity index is 1.11. The zero-order valence-electron chi connectivity index (χ0n) is 41.3. The Morgan fingerprint density at radius 3 is 0.890 bits per heavy atom. The van der Waals surface area contributed by atoms with Crippen molar-refractivity contribution in [2.75, 3.05) is 20.3 Å². The van der Waals surface area contributed by atoms with Gasteiger partial charge in [0.2, 0.25) is 0 Å². The third kappa shape index (κ3) is 15.3. The van der Waals surface area contributed by atoms with E-state index in [-0.39, 0.29) is 46.2 Å². The SMILES string of the molecule is CO[C@H]1O[C@H](COCc2ccccc2)[C@@H](O[C@H]2O[C@H](COCc3ccccc3)[C@@H](OCc3ccccc3)[C@H](OCc3ccccc3)[C@H]2OCc2ccccc2)[C@H](OCc2ccccc2)[C@H]1OCc1ccccc1. The molecule has 7 aromatic carbocycles. The minimum Gasteiger partial charge on any atom is -0.374 e. The van der Waals surface area contributed by atoms with E-state index in [9.17, 15) is 0 Å². The van der Waals surface area contributed by atoms with Crippen LogP contribution in [0.1, 0.15) is 38.9 Å². The number of ether oxygens (including phenoxy) is 11. The van der Waals surface area contributed by atoms with Gasteiger partial charge in [0, 0.05) is 7.11 Å². The van der Waals surface area contributed by atoms with Crippen LogP contribution in [0.3, 0.4) is 0 Å². The Bertz CT molecular complexity index is 2560. The van der Waals surface area contributed by atoms with Crippen LogP contribution in [0.25, 0.3) is 0 Å². The molecule has 0 N–H and O–H groups in total. The molecule has 0 saturated carbocycles. The lowest BCUT2D eigenvalue weighted by Gasteiger charge is -2.50. The summed E-state index contributed by atoms with van der Waals surface area (Å²) in [5.41, 5.74) is 6.95. The van der Waals surface area contributed by atoms with Gasteiger partial charge in [-0.25, -0.2) is 0 Å². The molecule has 11 heteroatoms. The molecule has 2 aliphatic rings. The largest absolute Gasteiger partial charge is 0.374 e. The number of hydrogen-bond acceptors (Lipinski definition) is 11. The molecular formula is C62H66O11. The van der Waals surface area contributed by atoms with Gasteiger partial charge in [-0.1, -0.05) is 212 Å². The van der Waals surface area contributed by atoms with Crippen LogP contribution in [0.5, 0.6) is 0 Å². The zero-order valence-corrected chi connectivity index (χ0v) is 41.3. The van der Waals surface area contributed by atoms with Crippen LogP contribution < -0.4 is 0 Å². The van der Waals surface area contributed by atoms with E-state index in [0.717, 1.165) is 38.9 Å². The molecule has 0 aromatic heterocycles. The summed E-state index contributed by atoms with van der Waals surface area (Å²) >= 11 is 0. The van der Waals surface area contributed by atoms with Crippen LogP contribution >= 0.6 is 0 Å². The maximum Gasteiger partial charge on any atom is 0.187 e. The lowest BCUT2D eigenvalue weighted by atomic mass is 9.95. The van der Waals surface area contributed by atoms with Crippen molar-refractivity contribution in [2.45, 2.75) is 108 Å².